The van der Waals surface area contributed by atoms with Gasteiger partial charge in [0.1, 0.15) is 0 Å². The van der Waals surface area contributed by atoms with E-state index in [1.54, 1.807) is 0 Å². The number of hydrogen-bond acceptors (Lipinski definition) is 2. The summed E-state index contributed by atoms with van der Waals surface area (Å²) in [5.74, 6) is 0.481. The molecular formula is C10H23NO. The molecule has 0 aliphatic heterocycles. The first kappa shape index (κ1) is 11.9. The Hall–Kier alpha value is -0.0800. The Morgan fingerprint density at radius 2 is 1.75 bits per heavy atom. The van der Waals surface area contributed by atoms with Crippen molar-refractivity contribution in [2.75, 3.05) is 6.54 Å². The number of nitrogens with two attached hydrogens (primary N) is 1. The molecule has 0 saturated carbocycles. The number of ether oxygens (including phenoxy) is 1. The van der Waals surface area contributed by atoms with Gasteiger partial charge in [0.15, 0.2) is 0 Å². The Kier molecular flexibility index (Phi) is 4.80. The molecule has 0 aliphatic carbocycles. The van der Waals surface area contributed by atoms with E-state index in [9.17, 15) is 0 Å². The third-order valence-electron chi connectivity index (χ3n) is 2.47. The van der Waals surface area contributed by atoms with Gasteiger partial charge in [-0.2, -0.15) is 0 Å². The summed E-state index contributed by atoms with van der Waals surface area (Å²) in [6.07, 6.45) is 1.25. The lowest BCUT2D eigenvalue weighted by Gasteiger charge is -2.37. The van der Waals surface area contributed by atoms with Gasteiger partial charge in [-0.3, -0.25) is 0 Å². The largest absolute Gasteiger partial charge is 0.371 e. The fourth-order valence-electron chi connectivity index (χ4n) is 1.53. The van der Waals surface area contributed by atoms with Crippen LogP contribution in [-0.4, -0.2) is 18.2 Å². The second kappa shape index (κ2) is 4.83. The second-order valence-corrected chi connectivity index (χ2v) is 3.94. The maximum Gasteiger partial charge on any atom is 0.0827 e. The monoisotopic (exact) mass is 173 g/mol. The molecule has 0 aliphatic rings. The van der Waals surface area contributed by atoms with Crippen LogP contribution in [0.3, 0.4) is 0 Å². The van der Waals surface area contributed by atoms with Gasteiger partial charge in [-0.25, -0.2) is 0 Å². The van der Waals surface area contributed by atoms with Crippen LogP contribution in [-0.2, 0) is 4.74 Å². The zero-order chi connectivity index (χ0) is 9.78. The third-order valence-corrected chi connectivity index (χ3v) is 2.47. The molecule has 0 aromatic heterocycles. The van der Waals surface area contributed by atoms with Crippen LogP contribution >= 0.6 is 0 Å². The van der Waals surface area contributed by atoms with E-state index in [-0.39, 0.29) is 11.7 Å². The fourth-order valence-corrected chi connectivity index (χ4v) is 1.53. The molecule has 0 spiro atoms. The predicted octanol–water partition coefficient (Wildman–Crippen LogP) is 2.17. The van der Waals surface area contributed by atoms with Gasteiger partial charge in [0, 0.05) is 6.54 Å². The summed E-state index contributed by atoms with van der Waals surface area (Å²) >= 11 is 0. The lowest BCUT2D eigenvalue weighted by Crippen LogP contribution is -2.46. The smallest absolute Gasteiger partial charge is 0.0827 e. The van der Waals surface area contributed by atoms with Gasteiger partial charge in [0.05, 0.1) is 11.7 Å². The molecule has 0 aromatic carbocycles. The molecular weight excluding hydrogens is 150 g/mol. The van der Waals surface area contributed by atoms with E-state index in [1.807, 2.05) is 0 Å². The molecule has 12 heavy (non-hydrogen) atoms. The normalized spacial score (nSPS) is 17.0. The average molecular weight is 173 g/mol. The van der Waals surface area contributed by atoms with Crippen molar-refractivity contribution >= 4 is 0 Å². The number of rotatable bonds is 5. The molecule has 0 fully saturated rings. The predicted molar refractivity (Wildman–Crippen MR) is 53.1 cm³/mol. The minimum absolute atomic E-state index is 0.117. The van der Waals surface area contributed by atoms with Crippen LogP contribution in [0.25, 0.3) is 0 Å². The summed E-state index contributed by atoms with van der Waals surface area (Å²) in [6.45, 7) is 11.2. The molecule has 1 atom stereocenters. The molecule has 2 N–H and O–H groups in total. The Labute approximate surface area is 76.5 Å². The minimum atomic E-state index is -0.117. The van der Waals surface area contributed by atoms with Crippen LogP contribution < -0.4 is 5.73 Å². The van der Waals surface area contributed by atoms with Crippen molar-refractivity contribution in [3.63, 3.8) is 0 Å². The van der Waals surface area contributed by atoms with Gasteiger partial charge in [-0.1, -0.05) is 20.8 Å². The lowest BCUT2D eigenvalue weighted by atomic mass is 9.87. The van der Waals surface area contributed by atoms with E-state index < -0.39 is 0 Å². The Morgan fingerprint density at radius 1 is 1.25 bits per heavy atom. The molecule has 0 saturated heterocycles. The van der Waals surface area contributed by atoms with E-state index in [4.69, 9.17) is 10.5 Å². The molecule has 0 radical (unpaired) electrons. The topological polar surface area (TPSA) is 35.2 Å². The second-order valence-electron chi connectivity index (χ2n) is 3.94. The van der Waals surface area contributed by atoms with Crippen molar-refractivity contribution in [3.05, 3.63) is 0 Å². The zero-order valence-corrected chi connectivity index (χ0v) is 9.05. The Balaban J connectivity index is 4.35. The van der Waals surface area contributed by atoms with Crippen molar-refractivity contribution in [2.24, 2.45) is 11.7 Å². The van der Waals surface area contributed by atoms with E-state index in [1.165, 1.54) is 0 Å². The van der Waals surface area contributed by atoms with Crippen LogP contribution in [0.4, 0.5) is 0 Å². The van der Waals surface area contributed by atoms with Crippen LogP contribution in [0.15, 0.2) is 0 Å². The summed E-state index contributed by atoms with van der Waals surface area (Å²) < 4.78 is 5.87. The van der Waals surface area contributed by atoms with Gasteiger partial charge >= 0.3 is 0 Å². The zero-order valence-electron chi connectivity index (χ0n) is 9.05. The molecule has 0 bridgehead atoms. The average Bonchev–Trinajstić information content (AvgIpc) is 1.99. The molecule has 1 unspecified atom stereocenters. The van der Waals surface area contributed by atoms with Crippen LogP contribution in [0.5, 0.6) is 0 Å². The SMILES string of the molecule is CCC(CN)(OC(C)C)C(C)C. The van der Waals surface area contributed by atoms with Gasteiger partial charge in [0.2, 0.25) is 0 Å². The number of hydrogen-bond donors (Lipinski definition) is 1. The summed E-state index contributed by atoms with van der Waals surface area (Å²) in [4.78, 5) is 0. The maximum absolute atomic E-state index is 5.87. The Morgan fingerprint density at radius 3 is 1.83 bits per heavy atom. The molecule has 2 heteroatoms. The van der Waals surface area contributed by atoms with Crippen molar-refractivity contribution in [1.82, 2.24) is 0 Å². The van der Waals surface area contributed by atoms with Crippen molar-refractivity contribution in [1.29, 1.82) is 0 Å². The van der Waals surface area contributed by atoms with Gasteiger partial charge in [-0.05, 0) is 26.2 Å². The lowest BCUT2D eigenvalue weighted by molar-refractivity contribution is -0.105. The standard InChI is InChI=1S/C10H23NO/c1-6-10(7-11,8(2)3)12-9(4)5/h8-9H,6-7,11H2,1-5H3. The first-order valence-electron chi connectivity index (χ1n) is 4.86. The molecule has 0 amide bonds. The highest BCUT2D eigenvalue weighted by atomic mass is 16.5. The van der Waals surface area contributed by atoms with Crippen molar-refractivity contribution < 1.29 is 4.74 Å². The molecule has 0 heterocycles. The van der Waals surface area contributed by atoms with E-state index >= 15 is 0 Å². The minimum Gasteiger partial charge on any atom is -0.371 e. The van der Waals surface area contributed by atoms with E-state index in [2.05, 4.69) is 34.6 Å². The van der Waals surface area contributed by atoms with E-state index in [0.29, 0.717) is 12.5 Å². The Bertz CT molecular complexity index is 117. The quantitative estimate of drug-likeness (QED) is 0.691. The van der Waals surface area contributed by atoms with Crippen LogP contribution in [0, 0.1) is 5.92 Å². The molecule has 0 aromatic rings. The highest BCUT2D eigenvalue weighted by molar-refractivity contribution is 4.84. The highest BCUT2D eigenvalue weighted by Crippen LogP contribution is 2.26. The van der Waals surface area contributed by atoms with E-state index in [0.717, 1.165) is 6.42 Å². The molecule has 0 rings (SSSR count). The third kappa shape index (κ3) is 2.76. The summed E-state index contributed by atoms with van der Waals surface area (Å²) in [5, 5.41) is 0. The van der Waals surface area contributed by atoms with Gasteiger partial charge < -0.3 is 10.5 Å². The maximum atomic E-state index is 5.87. The van der Waals surface area contributed by atoms with Crippen molar-refractivity contribution in [2.45, 2.75) is 52.7 Å². The fraction of sp³-hybridized carbons (Fsp3) is 1.00. The van der Waals surface area contributed by atoms with Crippen molar-refractivity contribution in [3.8, 4) is 0 Å². The summed E-state index contributed by atoms with van der Waals surface area (Å²) in [5.41, 5.74) is 5.63. The first-order valence-corrected chi connectivity index (χ1v) is 4.86. The summed E-state index contributed by atoms with van der Waals surface area (Å²) in [7, 11) is 0. The molecule has 2 nitrogen and oxygen atoms in total. The first-order chi connectivity index (χ1) is 5.48. The highest BCUT2D eigenvalue weighted by Gasteiger charge is 2.32. The van der Waals surface area contributed by atoms with Crippen LogP contribution in [0.2, 0.25) is 0 Å². The van der Waals surface area contributed by atoms with Gasteiger partial charge in [0.25, 0.3) is 0 Å². The molecule has 74 valence electrons. The summed E-state index contributed by atoms with van der Waals surface area (Å²) in [6, 6.07) is 0. The van der Waals surface area contributed by atoms with Crippen LogP contribution in [0.1, 0.15) is 41.0 Å². The van der Waals surface area contributed by atoms with Gasteiger partial charge in [-0.15, -0.1) is 0 Å².